The van der Waals surface area contributed by atoms with Gasteiger partial charge in [0.1, 0.15) is 12.2 Å². The lowest BCUT2D eigenvalue weighted by Crippen LogP contribution is -2.15. The van der Waals surface area contributed by atoms with E-state index in [-0.39, 0.29) is 0 Å². The summed E-state index contributed by atoms with van der Waals surface area (Å²) in [6, 6.07) is 6.97. The third kappa shape index (κ3) is 2.56. The van der Waals surface area contributed by atoms with Crippen LogP contribution in [0.5, 0.6) is 0 Å². The second kappa shape index (κ2) is 4.43. The Kier molecular flexibility index (Phi) is 3.49. The first kappa shape index (κ1) is 10.3. The quantitative estimate of drug-likeness (QED) is 0.770. The highest BCUT2D eigenvalue weighted by molar-refractivity contribution is 9.10. The Morgan fingerprint density at radius 2 is 1.77 bits per heavy atom. The fourth-order valence-corrected chi connectivity index (χ4v) is 1.20. The van der Waals surface area contributed by atoms with Gasteiger partial charge in [0, 0.05) is 4.47 Å². The lowest BCUT2D eigenvalue weighted by Gasteiger charge is -2.12. The number of aliphatic hydroxyl groups is 2. The van der Waals surface area contributed by atoms with Gasteiger partial charge in [0.2, 0.25) is 0 Å². The minimum atomic E-state index is -1.15. The number of terminal acetylenes is 1. The minimum Gasteiger partial charge on any atom is -0.385 e. The molecule has 1 rings (SSSR count). The minimum absolute atomic E-state index is 0.605. The van der Waals surface area contributed by atoms with Gasteiger partial charge >= 0.3 is 0 Å². The molecule has 0 amide bonds. The van der Waals surface area contributed by atoms with E-state index in [0.717, 1.165) is 4.47 Å². The maximum atomic E-state index is 9.47. The van der Waals surface area contributed by atoms with E-state index in [1.54, 1.807) is 24.3 Å². The molecular formula is C10H9BrO2. The van der Waals surface area contributed by atoms with E-state index in [4.69, 9.17) is 11.5 Å². The van der Waals surface area contributed by atoms with E-state index in [9.17, 15) is 5.11 Å². The zero-order valence-electron chi connectivity index (χ0n) is 6.81. The summed E-state index contributed by atoms with van der Waals surface area (Å²) >= 11 is 3.26. The molecule has 0 saturated heterocycles. The Balaban J connectivity index is 2.84. The molecule has 0 radical (unpaired) electrons. The topological polar surface area (TPSA) is 40.5 Å². The van der Waals surface area contributed by atoms with Crippen LogP contribution in [0.3, 0.4) is 0 Å². The van der Waals surface area contributed by atoms with E-state index in [1.165, 1.54) is 0 Å². The Labute approximate surface area is 85.3 Å². The highest BCUT2D eigenvalue weighted by Crippen LogP contribution is 2.19. The van der Waals surface area contributed by atoms with Crippen LogP contribution in [-0.4, -0.2) is 16.3 Å². The Morgan fingerprint density at radius 3 is 2.23 bits per heavy atom. The number of aliphatic hydroxyl groups excluding tert-OH is 2. The van der Waals surface area contributed by atoms with Crippen molar-refractivity contribution in [1.82, 2.24) is 0 Å². The van der Waals surface area contributed by atoms with Gasteiger partial charge in [-0.15, -0.1) is 6.42 Å². The number of halogens is 1. The molecule has 1 aromatic rings. The van der Waals surface area contributed by atoms with Crippen LogP contribution in [0.15, 0.2) is 28.7 Å². The second-order valence-electron chi connectivity index (χ2n) is 2.61. The molecule has 0 aliphatic heterocycles. The van der Waals surface area contributed by atoms with E-state index < -0.39 is 12.2 Å². The molecule has 0 aromatic heterocycles. The van der Waals surface area contributed by atoms with Crippen LogP contribution in [0.1, 0.15) is 11.7 Å². The standard InChI is InChI=1S/C10H9BrO2/c1-2-9(12)10(13)7-3-5-8(11)6-4-7/h1,3-6,9-10,12-13H. The van der Waals surface area contributed by atoms with Crippen LogP contribution in [-0.2, 0) is 0 Å². The smallest absolute Gasteiger partial charge is 0.144 e. The van der Waals surface area contributed by atoms with Crippen molar-refractivity contribution in [2.45, 2.75) is 12.2 Å². The van der Waals surface area contributed by atoms with Crippen molar-refractivity contribution in [3.63, 3.8) is 0 Å². The summed E-state index contributed by atoms with van der Waals surface area (Å²) in [6.45, 7) is 0. The van der Waals surface area contributed by atoms with Crippen molar-refractivity contribution in [2.24, 2.45) is 0 Å². The first-order valence-electron chi connectivity index (χ1n) is 3.73. The number of hydrogen-bond acceptors (Lipinski definition) is 2. The zero-order chi connectivity index (χ0) is 9.84. The largest absolute Gasteiger partial charge is 0.385 e. The van der Waals surface area contributed by atoms with Crippen LogP contribution in [0, 0.1) is 12.3 Å². The van der Waals surface area contributed by atoms with Crippen molar-refractivity contribution in [3.05, 3.63) is 34.3 Å². The number of rotatable bonds is 2. The van der Waals surface area contributed by atoms with Crippen molar-refractivity contribution < 1.29 is 10.2 Å². The highest BCUT2D eigenvalue weighted by atomic mass is 79.9. The van der Waals surface area contributed by atoms with Gasteiger partial charge in [-0.1, -0.05) is 34.0 Å². The van der Waals surface area contributed by atoms with Gasteiger partial charge in [0.05, 0.1) is 0 Å². The highest BCUT2D eigenvalue weighted by Gasteiger charge is 2.14. The molecule has 3 heteroatoms. The van der Waals surface area contributed by atoms with E-state index in [1.807, 2.05) is 0 Å². The molecule has 2 unspecified atom stereocenters. The van der Waals surface area contributed by atoms with Crippen LogP contribution in [0.4, 0.5) is 0 Å². The van der Waals surface area contributed by atoms with Gasteiger partial charge in [-0.3, -0.25) is 0 Å². The average Bonchev–Trinajstić information content (AvgIpc) is 2.17. The van der Waals surface area contributed by atoms with E-state index in [2.05, 4.69) is 21.9 Å². The van der Waals surface area contributed by atoms with Crippen LogP contribution in [0.2, 0.25) is 0 Å². The fraction of sp³-hybridized carbons (Fsp3) is 0.200. The molecule has 2 N–H and O–H groups in total. The molecule has 0 aliphatic rings. The SMILES string of the molecule is C#CC(O)C(O)c1ccc(Br)cc1. The maximum absolute atomic E-state index is 9.47. The Hall–Kier alpha value is -0.820. The molecule has 0 spiro atoms. The van der Waals surface area contributed by atoms with Gasteiger partial charge < -0.3 is 10.2 Å². The normalized spacial score (nSPS) is 14.6. The molecule has 0 bridgehead atoms. The zero-order valence-corrected chi connectivity index (χ0v) is 8.40. The van der Waals surface area contributed by atoms with Crippen LogP contribution >= 0.6 is 15.9 Å². The molecular weight excluding hydrogens is 232 g/mol. The molecule has 1 aromatic carbocycles. The second-order valence-corrected chi connectivity index (χ2v) is 3.52. The summed E-state index contributed by atoms with van der Waals surface area (Å²) in [4.78, 5) is 0. The fourth-order valence-electron chi connectivity index (χ4n) is 0.933. The Bertz CT molecular complexity index is 313. The summed E-state index contributed by atoms with van der Waals surface area (Å²) in [5, 5.41) is 18.6. The number of hydrogen-bond donors (Lipinski definition) is 2. The third-order valence-corrected chi connectivity index (χ3v) is 2.21. The number of benzene rings is 1. The summed E-state index contributed by atoms with van der Waals surface area (Å²) in [5.41, 5.74) is 0.605. The first-order valence-corrected chi connectivity index (χ1v) is 4.52. The summed E-state index contributed by atoms with van der Waals surface area (Å²) < 4.78 is 0.915. The molecule has 0 heterocycles. The van der Waals surface area contributed by atoms with E-state index >= 15 is 0 Å². The first-order chi connectivity index (χ1) is 6.15. The summed E-state index contributed by atoms with van der Waals surface area (Å²) in [6.07, 6.45) is 2.80. The van der Waals surface area contributed by atoms with Gasteiger partial charge in [-0.25, -0.2) is 0 Å². The van der Waals surface area contributed by atoms with Gasteiger partial charge in [0.15, 0.2) is 0 Å². The molecule has 2 atom stereocenters. The summed E-state index contributed by atoms with van der Waals surface area (Å²) in [7, 11) is 0. The lowest BCUT2D eigenvalue weighted by molar-refractivity contribution is 0.0541. The van der Waals surface area contributed by atoms with Gasteiger partial charge in [0.25, 0.3) is 0 Å². The van der Waals surface area contributed by atoms with Gasteiger partial charge in [-0.05, 0) is 17.7 Å². The van der Waals surface area contributed by atoms with Crippen molar-refractivity contribution in [3.8, 4) is 12.3 Å². The predicted octanol–water partition coefficient (Wildman–Crippen LogP) is 1.48. The summed E-state index contributed by atoms with van der Waals surface area (Å²) in [5.74, 6) is 2.07. The van der Waals surface area contributed by atoms with Gasteiger partial charge in [-0.2, -0.15) is 0 Å². The molecule has 2 nitrogen and oxygen atoms in total. The molecule has 0 saturated carbocycles. The monoisotopic (exact) mass is 240 g/mol. The van der Waals surface area contributed by atoms with Crippen molar-refractivity contribution in [1.29, 1.82) is 0 Å². The van der Waals surface area contributed by atoms with Crippen LogP contribution < -0.4 is 0 Å². The molecule has 68 valence electrons. The van der Waals surface area contributed by atoms with Crippen LogP contribution in [0.25, 0.3) is 0 Å². The van der Waals surface area contributed by atoms with Crippen molar-refractivity contribution >= 4 is 15.9 Å². The molecule has 0 fully saturated rings. The maximum Gasteiger partial charge on any atom is 0.144 e. The lowest BCUT2D eigenvalue weighted by atomic mass is 10.1. The van der Waals surface area contributed by atoms with Crippen molar-refractivity contribution in [2.75, 3.05) is 0 Å². The molecule has 13 heavy (non-hydrogen) atoms. The predicted molar refractivity (Wildman–Crippen MR) is 53.9 cm³/mol. The Morgan fingerprint density at radius 1 is 1.23 bits per heavy atom. The van der Waals surface area contributed by atoms with E-state index in [0.29, 0.717) is 5.56 Å². The average molecular weight is 241 g/mol. The third-order valence-electron chi connectivity index (χ3n) is 1.68. The molecule has 0 aliphatic carbocycles.